The van der Waals surface area contributed by atoms with Gasteiger partial charge in [0.15, 0.2) is 0 Å². The van der Waals surface area contributed by atoms with Crippen molar-refractivity contribution in [2.45, 2.75) is 52.1 Å². The topological polar surface area (TPSA) is 77.2 Å². The summed E-state index contributed by atoms with van der Waals surface area (Å²) in [5.41, 5.74) is 8.29. The summed E-state index contributed by atoms with van der Waals surface area (Å²) in [6, 6.07) is 10.4. The Morgan fingerprint density at radius 3 is 2.77 bits per heavy atom. The van der Waals surface area contributed by atoms with E-state index in [1.165, 1.54) is 23.7 Å². The van der Waals surface area contributed by atoms with Crippen molar-refractivity contribution in [2.75, 3.05) is 0 Å². The van der Waals surface area contributed by atoms with Crippen LogP contribution in [0.25, 0.3) is 0 Å². The van der Waals surface area contributed by atoms with Crippen LogP contribution < -0.4 is 15.8 Å². The van der Waals surface area contributed by atoms with Crippen molar-refractivity contribution in [3.8, 4) is 11.6 Å². The van der Waals surface area contributed by atoms with E-state index in [1.807, 2.05) is 6.07 Å². The number of nitrogens with two attached hydrogens (primary N) is 1. The van der Waals surface area contributed by atoms with Crippen LogP contribution in [-0.4, -0.2) is 16.9 Å². The highest BCUT2D eigenvalue weighted by Crippen LogP contribution is 2.35. The monoisotopic (exact) mass is 353 g/mol. The minimum Gasteiger partial charge on any atom is -0.439 e. The predicted octanol–water partition coefficient (Wildman–Crippen LogP) is 3.98. The summed E-state index contributed by atoms with van der Waals surface area (Å²) < 4.78 is 5.82. The number of nitrogens with zero attached hydrogens (tertiary/aromatic N) is 1. The van der Waals surface area contributed by atoms with Gasteiger partial charge in [-0.3, -0.25) is 4.79 Å². The zero-order valence-corrected chi connectivity index (χ0v) is 15.7. The van der Waals surface area contributed by atoms with Crippen molar-refractivity contribution in [1.29, 1.82) is 0 Å². The number of hydrogen-bond donors (Lipinski definition) is 2. The summed E-state index contributed by atoms with van der Waals surface area (Å²) in [5.74, 6) is 1.42. The molecule has 3 N–H and O–H groups in total. The van der Waals surface area contributed by atoms with Crippen LogP contribution in [0.4, 0.5) is 0 Å². The molecule has 2 atom stereocenters. The molecule has 138 valence electrons. The number of carbonyl (C=O) groups is 1. The van der Waals surface area contributed by atoms with E-state index in [9.17, 15) is 4.79 Å². The Morgan fingerprint density at radius 2 is 2.12 bits per heavy atom. The van der Waals surface area contributed by atoms with Gasteiger partial charge < -0.3 is 15.8 Å². The number of fused-ring (bicyclic) bond motifs is 1. The summed E-state index contributed by atoms with van der Waals surface area (Å²) in [6.45, 7) is 6.78. The van der Waals surface area contributed by atoms with Crippen LogP contribution in [0.1, 0.15) is 61.1 Å². The summed E-state index contributed by atoms with van der Waals surface area (Å²) in [7, 11) is 0. The highest BCUT2D eigenvalue weighted by Gasteiger charge is 2.24. The number of aryl methyl sites for hydroxylation is 1. The molecule has 26 heavy (non-hydrogen) atoms. The number of hydrogen-bond acceptors (Lipinski definition) is 4. The Bertz CT molecular complexity index is 771. The van der Waals surface area contributed by atoms with Gasteiger partial charge in [-0.2, -0.15) is 0 Å². The number of benzene rings is 1. The molecule has 1 aliphatic rings. The van der Waals surface area contributed by atoms with Crippen LogP contribution in [0.2, 0.25) is 0 Å². The molecule has 0 fully saturated rings. The fourth-order valence-corrected chi connectivity index (χ4v) is 3.66. The minimum atomic E-state index is -0.494. The number of carbonyl (C=O) groups excluding carboxylic acids is 1. The Kier molecular flexibility index (Phi) is 5.57. The molecule has 1 aromatic heterocycles. The van der Waals surface area contributed by atoms with E-state index in [4.69, 9.17) is 10.5 Å². The third-order valence-corrected chi connectivity index (χ3v) is 4.75. The van der Waals surface area contributed by atoms with E-state index in [1.54, 1.807) is 12.1 Å². The van der Waals surface area contributed by atoms with Crippen LogP contribution in [0, 0.1) is 5.92 Å². The number of pyridine rings is 1. The highest BCUT2D eigenvalue weighted by atomic mass is 16.5. The number of rotatable bonds is 7. The molecule has 0 radical (unpaired) electrons. The van der Waals surface area contributed by atoms with Crippen LogP contribution in [0.15, 0.2) is 36.5 Å². The first-order valence-corrected chi connectivity index (χ1v) is 9.25. The molecule has 1 aliphatic carbocycles. The first kappa shape index (κ1) is 18.4. The quantitative estimate of drug-likeness (QED) is 0.789. The van der Waals surface area contributed by atoms with Gasteiger partial charge in [-0.05, 0) is 61.4 Å². The number of amides is 1. The van der Waals surface area contributed by atoms with Crippen LogP contribution >= 0.6 is 0 Å². The first-order chi connectivity index (χ1) is 12.4. The van der Waals surface area contributed by atoms with E-state index in [0.29, 0.717) is 29.4 Å². The van der Waals surface area contributed by atoms with Crippen LogP contribution in [-0.2, 0) is 6.42 Å². The Morgan fingerprint density at radius 1 is 1.31 bits per heavy atom. The van der Waals surface area contributed by atoms with E-state index < -0.39 is 5.91 Å². The van der Waals surface area contributed by atoms with Crippen molar-refractivity contribution in [1.82, 2.24) is 10.3 Å². The van der Waals surface area contributed by atoms with Crippen molar-refractivity contribution in [3.63, 3.8) is 0 Å². The molecule has 5 nitrogen and oxygen atoms in total. The zero-order valence-electron chi connectivity index (χ0n) is 15.7. The van der Waals surface area contributed by atoms with E-state index in [2.05, 4.69) is 43.2 Å². The maximum absolute atomic E-state index is 11.1. The molecule has 3 rings (SSSR count). The van der Waals surface area contributed by atoms with Crippen molar-refractivity contribution in [2.24, 2.45) is 11.7 Å². The summed E-state index contributed by atoms with van der Waals surface area (Å²) in [5, 5.41) is 3.76. The third-order valence-electron chi connectivity index (χ3n) is 4.75. The van der Waals surface area contributed by atoms with Gasteiger partial charge in [-0.25, -0.2) is 4.98 Å². The van der Waals surface area contributed by atoms with Gasteiger partial charge in [0.1, 0.15) is 5.75 Å². The molecule has 1 heterocycles. The molecular formula is C21H27N3O2. The fourth-order valence-electron chi connectivity index (χ4n) is 3.66. The molecule has 0 spiro atoms. The van der Waals surface area contributed by atoms with Crippen molar-refractivity contribution < 1.29 is 9.53 Å². The van der Waals surface area contributed by atoms with Gasteiger partial charge in [0.25, 0.3) is 0 Å². The normalized spacial score (nSPS) is 17.2. The van der Waals surface area contributed by atoms with E-state index >= 15 is 0 Å². The smallest absolute Gasteiger partial charge is 0.250 e. The second-order valence-corrected chi connectivity index (χ2v) is 7.50. The number of nitrogens with one attached hydrogen (secondary N) is 1. The lowest BCUT2D eigenvalue weighted by atomic mass is 10.0. The van der Waals surface area contributed by atoms with Gasteiger partial charge in [0.2, 0.25) is 11.8 Å². The van der Waals surface area contributed by atoms with Crippen molar-refractivity contribution >= 4 is 5.91 Å². The van der Waals surface area contributed by atoms with Gasteiger partial charge in [0.05, 0.1) is 5.56 Å². The highest BCUT2D eigenvalue weighted by molar-refractivity contribution is 5.92. The fraction of sp³-hybridized carbons (Fsp3) is 0.429. The molecular weight excluding hydrogens is 326 g/mol. The lowest BCUT2D eigenvalue weighted by Crippen LogP contribution is -2.30. The first-order valence-electron chi connectivity index (χ1n) is 9.25. The van der Waals surface area contributed by atoms with Gasteiger partial charge in [-0.15, -0.1) is 0 Å². The second-order valence-electron chi connectivity index (χ2n) is 7.50. The molecule has 5 heteroatoms. The maximum atomic E-state index is 11.1. The molecule has 1 aromatic carbocycles. The SMILES string of the molecule is CC(C)CC(C)NC1CCc2cc(Oc3ccc(C(N)=O)cn3)ccc21. The summed E-state index contributed by atoms with van der Waals surface area (Å²) in [4.78, 5) is 15.2. The molecule has 1 amide bonds. The molecule has 2 aromatic rings. The summed E-state index contributed by atoms with van der Waals surface area (Å²) in [6.07, 6.45) is 4.78. The van der Waals surface area contributed by atoms with E-state index in [-0.39, 0.29) is 0 Å². The average molecular weight is 353 g/mol. The van der Waals surface area contributed by atoms with Gasteiger partial charge in [-0.1, -0.05) is 19.9 Å². The molecule has 0 bridgehead atoms. The lowest BCUT2D eigenvalue weighted by molar-refractivity contribution is 0.1000. The van der Waals surface area contributed by atoms with Crippen molar-refractivity contribution in [3.05, 3.63) is 53.2 Å². The second kappa shape index (κ2) is 7.87. The van der Waals surface area contributed by atoms with E-state index in [0.717, 1.165) is 18.6 Å². The molecule has 0 aliphatic heterocycles. The third kappa shape index (κ3) is 4.41. The summed E-state index contributed by atoms with van der Waals surface area (Å²) >= 11 is 0. The predicted molar refractivity (Wildman–Crippen MR) is 102 cm³/mol. The zero-order chi connectivity index (χ0) is 18.7. The molecule has 0 saturated carbocycles. The number of primary amides is 1. The molecule has 2 unspecified atom stereocenters. The van der Waals surface area contributed by atoms with Gasteiger partial charge >= 0.3 is 0 Å². The van der Waals surface area contributed by atoms with Crippen LogP contribution in [0.5, 0.6) is 11.6 Å². The van der Waals surface area contributed by atoms with Gasteiger partial charge in [0, 0.05) is 24.3 Å². The number of ether oxygens (including phenoxy) is 1. The van der Waals surface area contributed by atoms with Crippen LogP contribution in [0.3, 0.4) is 0 Å². The maximum Gasteiger partial charge on any atom is 0.250 e. The average Bonchev–Trinajstić information content (AvgIpc) is 2.96. The standard InChI is InChI=1S/C21H27N3O2/c1-13(2)10-14(3)24-19-8-4-15-11-17(6-7-18(15)19)26-20-9-5-16(12-23-20)21(22)25/h5-7,9,11-14,19,24H,4,8,10H2,1-3H3,(H2,22,25). The number of aromatic nitrogens is 1. The largest absolute Gasteiger partial charge is 0.439 e. The Hall–Kier alpha value is -2.40. The Labute approximate surface area is 155 Å². The Balaban J connectivity index is 1.67. The lowest BCUT2D eigenvalue weighted by Gasteiger charge is -2.22. The molecule has 0 saturated heterocycles. The minimum absolute atomic E-state index is 0.371.